The highest BCUT2D eigenvalue weighted by Gasteiger charge is 2.41. The summed E-state index contributed by atoms with van der Waals surface area (Å²) in [4.78, 5) is 26.4. The topological polar surface area (TPSA) is 49.4 Å². The molecular formula is C15H26N2O2S. The molecule has 2 fully saturated rings. The highest BCUT2D eigenvalue weighted by atomic mass is 32.2. The van der Waals surface area contributed by atoms with Crippen molar-refractivity contribution in [3.05, 3.63) is 0 Å². The fourth-order valence-electron chi connectivity index (χ4n) is 3.32. The molecule has 0 aromatic rings. The van der Waals surface area contributed by atoms with Gasteiger partial charge in [-0.2, -0.15) is 11.8 Å². The number of hydrogen-bond acceptors (Lipinski definition) is 3. The molecule has 1 N–H and O–H groups in total. The Hall–Kier alpha value is -0.710. The molecule has 5 heteroatoms. The van der Waals surface area contributed by atoms with Crippen LogP contribution in [0.25, 0.3) is 0 Å². The van der Waals surface area contributed by atoms with Crippen molar-refractivity contribution in [1.82, 2.24) is 10.2 Å². The zero-order valence-corrected chi connectivity index (χ0v) is 13.5. The summed E-state index contributed by atoms with van der Waals surface area (Å²) in [6.07, 6.45) is 4.12. The minimum Gasteiger partial charge on any atom is -0.343 e. The van der Waals surface area contributed by atoms with E-state index in [0.29, 0.717) is 11.2 Å². The van der Waals surface area contributed by atoms with E-state index in [0.717, 1.165) is 18.6 Å². The number of piperazine rings is 1. The van der Waals surface area contributed by atoms with E-state index in [9.17, 15) is 9.59 Å². The minimum atomic E-state index is -0.316. The first kappa shape index (κ1) is 15.7. The summed E-state index contributed by atoms with van der Waals surface area (Å²) in [5, 5.41) is 3.37. The van der Waals surface area contributed by atoms with Gasteiger partial charge in [0.15, 0.2) is 0 Å². The fraction of sp³-hybridized carbons (Fsp3) is 0.867. The van der Waals surface area contributed by atoms with Crippen molar-refractivity contribution in [2.24, 2.45) is 5.92 Å². The molecule has 1 aliphatic carbocycles. The van der Waals surface area contributed by atoms with Crippen LogP contribution in [0.3, 0.4) is 0 Å². The normalized spacial score (nSPS) is 31.0. The molecular weight excluding hydrogens is 272 g/mol. The highest BCUT2D eigenvalue weighted by molar-refractivity contribution is 7.99. The third kappa shape index (κ3) is 3.48. The van der Waals surface area contributed by atoms with E-state index in [1.165, 1.54) is 12.8 Å². The number of hydrogen-bond donors (Lipinski definition) is 1. The van der Waals surface area contributed by atoms with Crippen LogP contribution in [0.1, 0.15) is 46.5 Å². The van der Waals surface area contributed by atoms with Crippen LogP contribution in [0.4, 0.5) is 0 Å². The molecule has 0 spiro atoms. The van der Waals surface area contributed by atoms with Crippen LogP contribution < -0.4 is 5.32 Å². The molecule has 0 radical (unpaired) electrons. The molecule has 4 nitrogen and oxygen atoms in total. The van der Waals surface area contributed by atoms with E-state index in [1.807, 2.05) is 16.7 Å². The molecule has 3 unspecified atom stereocenters. The van der Waals surface area contributed by atoms with Gasteiger partial charge < -0.3 is 10.2 Å². The average molecular weight is 298 g/mol. The summed E-state index contributed by atoms with van der Waals surface area (Å²) in [5.74, 6) is 1.62. The minimum absolute atomic E-state index is 0.00222. The predicted molar refractivity (Wildman–Crippen MR) is 82.7 cm³/mol. The number of carbonyl (C=O) groups excluding carboxylic acids is 2. The van der Waals surface area contributed by atoms with Crippen LogP contribution >= 0.6 is 11.8 Å². The first-order chi connectivity index (χ1) is 9.52. The van der Waals surface area contributed by atoms with Crippen LogP contribution in [0.5, 0.6) is 0 Å². The lowest BCUT2D eigenvalue weighted by Crippen LogP contribution is -2.61. The maximum atomic E-state index is 12.6. The Morgan fingerprint density at radius 3 is 2.75 bits per heavy atom. The van der Waals surface area contributed by atoms with Gasteiger partial charge >= 0.3 is 0 Å². The summed E-state index contributed by atoms with van der Waals surface area (Å²) < 4.78 is 0. The van der Waals surface area contributed by atoms with Crippen molar-refractivity contribution < 1.29 is 9.59 Å². The smallest absolute Gasteiger partial charge is 0.245 e. The summed E-state index contributed by atoms with van der Waals surface area (Å²) in [6, 6.07) is -0.0581. The molecule has 3 atom stereocenters. The van der Waals surface area contributed by atoms with Gasteiger partial charge in [-0.3, -0.25) is 9.59 Å². The maximum Gasteiger partial charge on any atom is 0.245 e. The number of thioether (sulfide) groups is 1. The fourth-order valence-corrected chi connectivity index (χ4v) is 4.58. The first-order valence-corrected chi connectivity index (χ1v) is 8.79. The van der Waals surface area contributed by atoms with Gasteiger partial charge in [0.1, 0.15) is 6.04 Å². The van der Waals surface area contributed by atoms with Crippen LogP contribution in [-0.2, 0) is 9.59 Å². The second kappa shape index (κ2) is 6.83. The van der Waals surface area contributed by atoms with Crippen molar-refractivity contribution in [2.45, 2.75) is 63.8 Å². The SMILES string of the molecule is CCSC1CCCC1N1CC(=O)NC(CC(C)C)C1=O. The Labute approximate surface area is 126 Å². The Morgan fingerprint density at radius 1 is 1.35 bits per heavy atom. The summed E-state index contributed by atoms with van der Waals surface area (Å²) in [5.41, 5.74) is 0. The van der Waals surface area contributed by atoms with Gasteiger partial charge in [0, 0.05) is 11.3 Å². The standard InChI is InChI=1S/C15H26N2O2S/c1-4-20-13-7-5-6-12(13)17-9-14(18)16-11(15(17)19)8-10(2)3/h10-13H,4-9H2,1-3H3,(H,16,18). The van der Waals surface area contributed by atoms with Crippen molar-refractivity contribution in [3.8, 4) is 0 Å². The maximum absolute atomic E-state index is 12.6. The van der Waals surface area contributed by atoms with E-state index in [1.54, 1.807) is 0 Å². The lowest BCUT2D eigenvalue weighted by molar-refractivity contribution is -0.146. The van der Waals surface area contributed by atoms with Gasteiger partial charge in [-0.15, -0.1) is 0 Å². The van der Waals surface area contributed by atoms with Gasteiger partial charge in [-0.05, 0) is 30.9 Å². The van der Waals surface area contributed by atoms with Crippen LogP contribution in [0, 0.1) is 5.92 Å². The van der Waals surface area contributed by atoms with E-state index >= 15 is 0 Å². The zero-order valence-electron chi connectivity index (χ0n) is 12.7. The third-order valence-corrected chi connectivity index (χ3v) is 5.45. The van der Waals surface area contributed by atoms with Crippen molar-refractivity contribution in [1.29, 1.82) is 0 Å². The summed E-state index contributed by atoms with van der Waals surface area (Å²) in [6.45, 7) is 6.58. The monoisotopic (exact) mass is 298 g/mol. The lowest BCUT2D eigenvalue weighted by Gasteiger charge is -2.39. The molecule has 2 rings (SSSR count). The number of nitrogens with one attached hydrogen (secondary N) is 1. The summed E-state index contributed by atoms with van der Waals surface area (Å²) in [7, 11) is 0. The molecule has 1 aliphatic heterocycles. The highest BCUT2D eigenvalue weighted by Crippen LogP contribution is 2.34. The Morgan fingerprint density at radius 2 is 2.10 bits per heavy atom. The Kier molecular flexibility index (Phi) is 5.35. The predicted octanol–water partition coefficient (Wildman–Crippen LogP) is 2.03. The van der Waals surface area contributed by atoms with Gasteiger partial charge in [0.2, 0.25) is 11.8 Å². The molecule has 20 heavy (non-hydrogen) atoms. The molecule has 1 saturated carbocycles. The number of amides is 2. The average Bonchev–Trinajstić information content (AvgIpc) is 2.81. The Balaban J connectivity index is 2.09. The van der Waals surface area contributed by atoms with Gasteiger partial charge in [-0.1, -0.05) is 27.2 Å². The molecule has 2 amide bonds. The van der Waals surface area contributed by atoms with Crippen LogP contribution in [-0.4, -0.2) is 46.3 Å². The molecule has 0 aromatic carbocycles. The molecule has 1 saturated heterocycles. The van der Waals surface area contributed by atoms with E-state index in [-0.39, 0.29) is 30.4 Å². The van der Waals surface area contributed by atoms with E-state index in [4.69, 9.17) is 0 Å². The molecule has 0 aromatic heterocycles. The van der Waals surface area contributed by atoms with Crippen molar-refractivity contribution in [2.75, 3.05) is 12.3 Å². The van der Waals surface area contributed by atoms with E-state index < -0.39 is 0 Å². The van der Waals surface area contributed by atoms with E-state index in [2.05, 4.69) is 26.1 Å². The number of nitrogens with zero attached hydrogens (tertiary/aromatic N) is 1. The molecule has 0 bridgehead atoms. The van der Waals surface area contributed by atoms with Crippen LogP contribution in [0.15, 0.2) is 0 Å². The van der Waals surface area contributed by atoms with Crippen molar-refractivity contribution >= 4 is 23.6 Å². The van der Waals surface area contributed by atoms with Crippen molar-refractivity contribution in [3.63, 3.8) is 0 Å². The molecule has 2 aliphatic rings. The number of rotatable bonds is 5. The second-order valence-corrected chi connectivity index (χ2v) is 7.72. The number of carbonyl (C=O) groups is 2. The van der Waals surface area contributed by atoms with Gasteiger partial charge in [-0.25, -0.2) is 0 Å². The largest absolute Gasteiger partial charge is 0.343 e. The third-order valence-electron chi connectivity index (χ3n) is 4.14. The molecule has 114 valence electrons. The van der Waals surface area contributed by atoms with Gasteiger partial charge in [0.25, 0.3) is 0 Å². The quantitative estimate of drug-likeness (QED) is 0.845. The zero-order chi connectivity index (χ0) is 14.7. The Bertz CT molecular complexity index is 373. The second-order valence-electron chi connectivity index (χ2n) is 6.21. The lowest BCUT2D eigenvalue weighted by atomic mass is 9.99. The van der Waals surface area contributed by atoms with Gasteiger partial charge in [0.05, 0.1) is 6.54 Å². The van der Waals surface area contributed by atoms with Crippen LogP contribution in [0.2, 0.25) is 0 Å². The summed E-state index contributed by atoms with van der Waals surface area (Å²) >= 11 is 1.93. The first-order valence-electron chi connectivity index (χ1n) is 7.74. The molecule has 1 heterocycles.